The fourth-order valence-corrected chi connectivity index (χ4v) is 2.80. The van der Waals surface area contributed by atoms with Crippen molar-refractivity contribution in [3.8, 4) is 0 Å². The van der Waals surface area contributed by atoms with E-state index in [1.165, 1.54) is 0 Å². The Kier molecular flexibility index (Phi) is 8.59. The normalized spacial score (nSPS) is 11.7. The first-order chi connectivity index (χ1) is 10.2. The van der Waals surface area contributed by atoms with Crippen molar-refractivity contribution >= 4 is 23.6 Å². The van der Waals surface area contributed by atoms with Crippen LogP contribution in [-0.4, -0.2) is 36.0 Å². The van der Waals surface area contributed by atoms with Gasteiger partial charge in [0.15, 0.2) is 0 Å². The van der Waals surface area contributed by atoms with Crippen molar-refractivity contribution in [1.29, 1.82) is 0 Å². The molecule has 0 aliphatic carbocycles. The smallest absolute Gasteiger partial charge is 0.329 e. The molecule has 0 aliphatic rings. The molecule has 0 heterocycles. The largest absolute Gasteiger partial charge is 0.464 e. The molecule has 0 saturated heterocycles. The van der Waals surface area contributed by atoms with Gasteiger partial charge < -0.3 is 10.1 Å². The molecule has 0 radical (unpaired) electrons. The molecule has 0 aromatic heterocycles. The van der Waals surface area contributed by atoms with Gasteiger partial charge in [-0.3, -0.25) is 4.79 Å². The Morgan fingerprint density at radius 3 is 2.57 bits per heavy atom. The van der Waals surface area contributed by atoms with Crippen LogP contribution < -0.4 is 5.32 Å². The summed E-state index contributed by atoms with van der Waals surface area (Å²) in [6.45, 7) is 4.20. The minimum absolute atomic E-state index is 0.246. The van der Waals surface area contributed by atoms with E-state index in [-0.39, 0.29) is 11.9 Å². The second kappa shape index (κ2) is 10.3. The third-order valence-corrected chi connectivity index (χ3v) is 3.99. The average molecular weight is 309 g/mol. The van der Waals surface area contributed by atoms with Crippen LogP contribution in [0.2, 0.25) is 0 Å². The quantitative estimate of drug-likeness (QED) is 0.563. The van der Waals surface area contributed by atoms with E-state index in [4.69, 9.17) is 4.74 Å². The third kappa shape index (κ3) is 6.67. The molecule has 1 aromatic rings. The van der Waals surface area contributed by atoms with Crippen molar-refractivity contribution in [2.75, 3.05) is 18.1 Å². The third-order valence-electron chi connectivity index (χ3n) is 2.84. The van der Waals surface area contributed by atoms with Gasteiger partial charge in [0.05, 0.1) is 6.61 Å². The lowest BCUT2D eigenvalue weighted by atomic mass is 10.2. The minimum atomic E-state index is -0.598. The number of unbranched alkanes of at least 4 members (excludes halogenated alkanes) is 1. The van der Waals surface area contributed by atoms with Crippen LogP contribution in [0.25, 0.3) is 0 Å². The number of hydrogen-bond donors (Lipinski definition) is 1. The van der Waals surface area contributed by atoms with Crippen molar-refractivity contribution in [2.45, 2.75) is 32.7 Å². The number of esters is 1. The molecule has 21 heavy (non-hydrogen) atoms. The van der Waals surface area contributed by atoms with Crippen LogP contribution in [0.15, 0.2) is 30.3 Å². The first-order valence-corrected chi connectivity index (χ1v) is 8.44. The number of hydrogen-bond acceptors (Lipinski definition) is 4. The van der Waals surface area contributed by atoms with Gasteiger partial charge in [-0.05, 0) is 31.2 Å². The number of amides is 1. The Labute approximate surface area is 130 Å². The van der Waals surface area contributed by atoms with Crippen LogP contribution in [0.1, 0.15) is 37.0 Å². The van der Waals surface area contributed by atoms with Gasteiger partial charge in [0, 0.05) is 11.3 Å². The summed E-state index contributed by atoms with van der Waals surface area (Å²) >= 11 is 1.66. The predicted octanol–water partition coefficient (Wildman–Crippen LogP) is 2.88. The van der Waals surface area contributed by atoms with Gasteiger partial charge in [0.25, 0.3) is 5.91 Å². The van der Waals surface area contributed by atoms with E-state index < -0.39 is 6.04 Å². The highest BCUT2D eigenvalue weighted by atomic mass is 32.2. The molecule has 0 aliphatic heterocycles. The monoisotopic (exact) mass is 309 g/mol. The Bertz CT molecular complexity index is 436. The molecule has 1 N–H and O–H groups in total. The summed E-state index contributed by atoms with van der Waals surface area (Å²) in [5.41, 5.74) is 0.547. The summed E-state index contributed by atoms with van der Waals surface area (Å²) < 4.78 is 5.03. The van der Waals surface area contributed by atoms with Crippen molar-refractivity contribution in [2.24, 2.45) is 0 Å². The second-order valence-electron chi connectivity index (χ2n) is 4.57. The van der Waals surface area contributed by atoms with Gasteiger partial charge in [0.2, 0.25) is 0 Å². The zero-order valence-electron chi connectivity index (χ0n) is 12.6. The van der Waals surface area contributed by atoms with E-state index in [1.807, 2.05) is 6.07 Å². The molecule has 1 atom stereocenters. The van der Waals surface area contributed by atoms with Gasteiger partial charge in [-0.15, -0.1) is 0 Å². The lowest BCUT2D eigenvalue weighted by Gasteiger charge is -2.17. The van der Waals surface area contributed by atoms with E-state index in [1.54, 1.807) is 43.0 Å². The van der Waals surface area contributed by atoms with Gasteiger partial charge in [0.1, 0.15) is 6.04 Å². The lowest BCUT2D eigenvalue weighted by molar-refractivity contribution is -0.144. The Morgan fingerprint density at radius 1 is 1.24 bits per heavy atom. The van der Waals surface area contributed by atoms with Gasteiger partial charge in [-0.2, -0.15) is 11.8 Å². The highest BCUT2D eigenvalue weighted by Crippen LogP contribution is 2.09. The molecule has 1 rings (SSSR count). The first kappa shape index (κ1) is 17.6. The number of carbonyl (C=O) groups is 2. The molecule has 0 fully saturated rings. The molecular formula is C16H23NO3S. The van der Waals surface area contributed by atoms with E-state index in [0.717, 1.165) is 18.6 Å². The fraction of sp³-hybridized carbons (Fsp3) is 0.500. The number of carbonyl (C=O) groups excluding carboxylic acids is 2. The maximum atomic E-state index is 12.1. The number of ether oxygens (including phenoxy) is 1. The molecule has 4 nitrogen and oxygen atoms in total. The van der Waals surface area contributed by atoms with E-state index >= 15 is 0 Å². The van der Waals surface area contributed by atoms with Crippen LogP contribution in [0.5, 0.6) is 0 Å². The van der Waals surface area contributed by atoms with E-state index in [9.17, 15) is 9.59 Å². The van der Waals surface area contributed by atoms with Gasteiger partial charge >= 0.3 is 5.97 Å². The van der Waals surface area contributed by atoms with Crippen LogP contribution in [0.3, 0.4) is 0 Å². The van der Waals surface area contributed by atoms with E-state index in [2.05, 4.69) is 12.2 Å². The molecule has 5 heteroatoms. The number of benzene rings is 1. The first-order valence-electron chi connectivity index (χ1n) is 7.29. The minimum Gasteiger partial charge on any atom is -0.464 e. The molecule has 0 spiro atoms. The van der Waals surface area contributed by atoms with Crippen molar-refractivity contribution in [3.63, 3.8) is 0 Å². The molecule has 1 amide bonds. The Morgan fingerprint density at radius 2 is 1.95 bits per heavy atom. The number of nitrogens with one attached hydrogen (secondary N) is 1. The zero-order valence-corrected chi connectivity index (χ0v) is 13.4. The average Bonchev–Trinajstić information content (AvgIpc) is 2.51. The highest BCUT2D eigenvalue weighted by Gasteiger charge is 2.22. The maximum absolute atomic E-state index is 12.1. The molecular weight excluding hydrogens is 286 g/mol. The van der Waals surface area contributed by atoms with Crippen molar-refractivity contribution in [1.82, 2.24) is 5.32 Å². The Balaban J connectivity index is 2.59. The van der Waals surface area contributed by atoms with Crippen molar-refractivity contribution < 1.29 is 14.3 Å². The van der Waals surface area contributed by atoms with Gasteiger partial charge in [-0.25, -0.2) is 4.79 Å². The maximum Gasteiger partial charge on any atom is 0.329 e. The number of thioether (sulfide) groups is 1. The van der Waals surface area contributed by atoms with Crippen LogP contribution in [0.4, 0.5) is 0 Å². The number of rotatable bonds is 9. The van der Waals surface area contributed by atoms with Crippen molar-refractivity contribution in [3.05, 3.63) is 35.9 Å². The SMILES string of the molecule is CCCCSC[C@H](NC(=O)c1ccccc1)C(=O)OCC. The highest BCUT2D eigenvalue weighted by molar-refractivity contribution is 7.99. The summed E-state index contributed by atoms with van der Waals surface area (Å²) in [5, 5.41) is 2.76. The molecule has 0 unspecified atom stereocenters. The molecule has 116 valence electrons. The predicted molar refractivity (Wildman–Crippen MR) is 86.6 cm³/mol. The van der Waals surface area contributed by atoms with Crippen LogP contribution >= 0.6 is 11.8 Å². The van der Waals surface area contributed by atoms with Gasteiger partial charge in [-0.1, -0.05) is 31.5 Å². The summed E-state index contributed by atoms with van der Waals surface area (Å²) in [4.78, 5) is 24.0. The second-order valence-corrected chi connectivity index (χ2v) is 5.72. The zero-order chi connectivity index (χ0) is 15.5. The molecule has 1 aromatic carbocycles. The van der Waals surface area contributed by atoms with E-state index in [0.29, 0.717) is 17.9 Å². The van der Waals surface area contributed by atoms with Crippen LogP contribution in [0, 0.1) is 0 Å². The molecule has 0 bridgehead atoms. The fourth-order valence-electron chi connectivity index (χ4n) is 1.69. The summed E-state index contributed by atoms with van der Waals surface area (Å²) in [5.74, 6) is 0.904. The lowest BCUT2D eigenvalue weighted by Crippen LogP contribution is -2.43. The molecule has 0 saturated carbocycles. The standard InChI is InChI=1S/C16H23NO3S/c1-3-5-11-21-12-14(16(19)20-4-2)17-15(18)13-9-7-6-8-10-13/h6-10,14H,3-5,11-12H2,1-2H3,(H,17,18)/t14-/m0/s1. The topological polar surface area (TPSA) is 55.4 Å². The summed E-state index contributed by atoms with van der Waals surface area (Å²) in [6.07, 6.45) is 2.22. The van der Waals surface area contributed by atoms with Crippen LogP contribution in [-0.2, 0) is 9.53 Å². The summed E-state index contributed by atoms with van der Waals surface area (Å²) in [6, 6.07) is 8.29. The summed E-state index contributed by atoms with van der Waals surface area (Å²) in [7, 11) is 0. The Hall–Kier alpha value is -1.49.